The van der Waals surface area contributed by atoms with Crippen LogP contribution in [-0.2, 0) is 4.74 Å². The van der Waals surface area contributed by atoms with Gasteiger partial charge in [0.15, 0.2) is 0 Å². The van der Waals surface area contributed by atoms with Gasteiger partial charge >= 0.3 is 6.09 Å². The summed E-state index contributed by atoms with van der Waals surface area (Å²) >= 11 is 6.11. The van der Waals surface area contributed by atoms with Crippen LogP contribution < -0.4 is 10.6 Å². The van der Waals surface area contributed by atoms with E-state index in [0.717, 1.165) is 38.5 Å². The maximum Gasteiger partial charge on any atom is 0.410 e. The molecule has 5 aliphatic rings. The maximum absolute atomic E-state index is 13.0. The predicted octanol–water partition coefficient (Wildman–Crippen LogP) is 3.83. The minimum absolute atomic E-state index is 0.0402. The molecule has 6 rings (SSSR count). The van der Waals surface area contributed by atoms with E-state index in [1.807, 2.05) is 20.8 Å². The van der Waals surface area contributed by atoms with Gasteiger partial charge in [0.05, 0.1) is 16.2 Å². The molecular weight excluding hydrogens is 456 g/mol. The summed E-state index contributed by atoms with van der Waals surface area (Å²) in [5, 5.41) is 17.5. The number of halogens is 1. The number of hydrogen-bond acceptors (Lipinski definition) is 6. The number of carbonyl (C=O) groups excluding carboxylic acids is 2. The van der Waals surface area contributed by atoms with Crippen LogP contribution in [0.15, 0.2) is 12.3 Å². The summed E-state index contributed by atoms with van der Waals surface area (Å²) < 4.78 is 6.04. The molecule has 1 aromatic rings. The zero-order chi connectivity index (χ0) is 24.3. The van der Waals surface area contributed by atoms with Crippen molar-refractivity contribution in [2.45, 2.75) is 82.6 Å². The predicted molar refractivity (Wildman–Crippen MR) is 129 cm³/mol. The molecular formula is C25H35ClN4O4. The summed E-state index contributed by atoms with van der Waals surface area (Å²) in [5.41, 5.74) is -0.544. The fourth-order valence-corrected chi connectivity index (χ4v) is 6.85. The van der Waals surface area contributed by atoms with Crippen molar-refractivity contribution in [2.24, 2.45) is 17.8 Å². The summed E-state index contributed by atoms with van der Waals surface area (Å²) in [4.78, 5) is 31.9. The van der Waals surface area contributed by atoms with E-state index >= 15 is 0 Å². The van der Waals surface area contributed by atoms with Gasteiger partial charge in [0, 0.05) is 30.9 Å². The van der Waals surface area contributed by atoms with Gasteiger partial charge in [-0.05, 0) is 83.1 Å². The molecule has 4 aliphatic carbocycles. The number of ether oxygens (including phenoxy) is 1. The van der Waals surface area contributed by atoms with Crippen molar-refractivity contribution in [2.75, 3.05) is 18.4 Å². The lowest BCUT2D eigenvalue weighted by atomic mass is 9.53. The van der Waals surface area contributed by atoms with Crippen LogP contribution in [-0.4, -0.2) is 63.4 Å². The summed E-state index contributed by atoms with van der Waals surface area (Å²) in [6, 6.07) is 1.57. The standard InChI is InChI=1S/C25H35ClN4O4/c1-24(2,3)29-22(31)19-8-17(26)12-27-21(19)28-18-4-5-30(13-18)23(32)34-20-15-6-14-7-16(20)11-25(33,9-14)10-15/h8,12,14-16,18,20,33H,4-7,9-11,13H2,1-3H3,(H,27,28)(H,29,31)/t14?,15-,16?,18+,20?,25?/m0/s1. The number of rotatable bonds is 4. The molecule has 34 heavy (non-hydrogen) atoms. The van der Waals surface area contributed by atoms with E-state index in [1.165, 1.54) is 6.20 Å². The average Bonchev–Trinajstić information content (AvgIpc) is 3.18. The fraction of sp³-hybridized carbons (Fsp3) is 0.720. The van der Waals surface area contributed by atoms with Gasteiger partial charge in [-0.3, -0.25) is 4.79 Å². The molecule has 3 N–H and O–H groups in total. The first-order valence-electron chi connectivity index (χ1n) is 12.4. The first-order chi connectivity index (χ1) is 16.0. The van der Waals surface area contributed by atoms with Crippen LogP contribution in [0.4, 0.5) is 10.6 Å². The third-order valence-corrected chi connectivity index (χ3v) is 7.97. The Morgan fingerprint density at radius 1 is 1.24 bits per heavy atom. The molecule has 4 bridgehead atoms. The van der Waals surface area contributed by atoms with E-state index < -0.39 is 11.1 Å². The van der Waals surface area contributed by atoms with E-state index in [9.17, 15) is 14.7 Å². The van der Waals surface area contributed by atoms with Crippen LogP contribution in [0.2, 0.25) is 5.02 Å². The highest BCUT2D eigenvalue weighted by Crippen LogP contribution is 2.56. The number of carbonyl (C=O) groups is 2. The highest BCUT2D eigenvalue weighted by Gasteiger charge is 2.56. The lowest BCUT2D eigenvalue weighted by molar-refractivity contribution is -0.177. The van der Waals surface area contributed by atoms with Crippen LogP contribution in [0.3, 0.4) is 0 Å². The monoisotopic (exact) mass is 490 g/mol. The van der Waals surface area contributed by atoms with Crippen LogP contribution in [0.1, 0.15) is 69.7 Å². The number of anilines is 1. The zero-order valence-electron chi connectivity index (χ0n) is 20.1. The van der Waals surface area contributed by atoms with Crippen molar-refractivity contribution < 1.29 is 19.4 Å². The van der Waals surface area contributed by atoms with Gasteiger partial charge < -0.3 is 25.4 Å². The number of nitrogens with zero attached hydrogens (tertiary/aromatic N) is 2. The summed E-state index contributed by atoms with van der Waals surface area (Å²) in [6.45, 7) is 6.82. The van der Waals surface area contributed by atoms with Gasteiger partial charge in [-0.2, -0.15) is 0 Å². The molecule has 1 saturated heterocycles. The lowest BCUT2D eigenvalue weighted by Crippen LogP contribution is -2.58. The van der Waals surface area contributed by atoms with Gasteiger partial charge in [-0.1, -0.05) is 11.6 Å². The smallest absolute Gasteiger partial charge is 0.410 e. The van der Waals surface area contributed by atoms with E-state index in [2.05, 4.69) is 15.6 Å². The third-order valence-electron chi connectivity index (χ3n) is 7.77. The number of likely N-dealkylation sites (tertiary alicyclic amines) is 1. The van der Waals surface area contributed by atoms with Crippen molar-refractivity contribution in [3.05, 3.63) is 22.8 Å². The molecule has 9 heteroatoms. The van der Waals surface area contributed by atoms with Crippen LogP contribution in [0, 0.1) is 17.8 Å². The van der Waals surface area contributed by atoms with Crippen molar-refractivity contribution in [3.8, 4) is 0 Å². The maximum atomic E-state index is 13.0. The van der Waals surface area contributed by atoms with Gasteiger partial charge in [0.1, 0.15) is 11.9 Å². The highest BCUT2D eigenvalue weighted by molar-refractivity contribution is 6.31. The lowest BCUT2D eigenvalue weighted by Gasteiger charge is -2.57. The molecule has 5 fully saturated rings. The highest BCUT2D eigenvalue weighted by atomic mass is 35.5. The minimum Gasteiger partial charge on any atom is -0.446 e. The normalized spacial score (nSPS) is 34.3. The van der Waals surface area contributed by atoms with Crippen molar-refractivity contribution in [3.63, 3.8) is 0 Å². The second kappa shape index (κ2) is 8.55. The Hall–Kier alpha value is -2.06. The number of pyridine rings is 1. The van der Waals surface area contributed by atoms with Gasteiger partial charge in [0.2, 0.25) is 0 Å². The number of hydrogen-bond donors (Lipinski definition) is 3. The fourth-order valence-electron chi connectivity index (χ4n) is 6.69. The minimum atomic E-state index is -0.537. The van der Waals surface area contributed by atoms with E-state index in [1.54, 1.807) is 11.0 Å². The number of aromatic nitrogens is 1. The molecule has 2 amide bonds. The first-order valence-corrected chi connectivity index (χ1v) is 12.8. The molecule has 4 unspecified atom stereocenters. The Labute approximate surface area is 205 Å². The van der Waals surface area contributed by atoms with Crippen LogP contribution >= 0.6 is 11.6 Å². The summed E-state index contributed by atoms with van der Waals surface area (Å²) in [6.07, 6.45) is 6.43. The van der Waals surface area contributed by atoms with Crippen LogP contribution in [0.5, 0.6) is 0 Å². The Morgan fingerprint density at radius 3 is 2.59 bits per heavy atom. The largest absolute Gasteiger partial charge is 0.446 e. The van der Waals surface area contributed by atoms with E-state index in [0.29, 0.717) is 35.4 Å². The van der Waals surface area contributed by atoms with Gasteiger partial charge in [-0.25, -0.2) is 9.78 Å². The first kappa shape index (κ1) is 23.7. The Balaban J connectivity index is 1.20. The molecule has 0 spiro atoms. The average molecular weight is 491 g/mol. The molecule has 1 aromatic heterocycles. The number of amides is 2. The molecule has 0 radical (unpaired) electrons. The van der Waals surface area contributed by atoms with Gasteiger partial charge in [0.25, 0.3) is 5.91 Å². The van der Waals surface area contributed by atoms with Crippen molar-refractivity contribution >= 4 is 29.4 Å². The topological polar surface area (TPSA) is 104 Å². The Bertz CT molecular complexity index is 964. The second-order valence-electron chi connectivity index (χ2n) is 11.9. The van der Waals surface area contributed by atoms with Crippen molar-refractivity contribution in [1.82, 2.24) is 15.2 Å². The number of aliphatic hydroxyl groups is 1. The van der Waals surface area contributed by atoms with E-state index in [4.69, 9.17) is 16.3 Å². The van der Waals surface area contributed by atoms with Crippen LogP contribution in [0.25, 0.3) is 0 Å². The van der Waals surface area contributed by atoms with Gasteiger partial charge in [-0.15, -0.1) is 0 Å². The molecule has 0 aromatic carbocycles. The molecule has 6 atom stereocenters. The SMILES string of the molecule is CC(C)(C)NC(=O)c1cc(Cl)cnc1N[C@@H]1CCN(C(=O)OC2C3CC4C[C@H]2CC(O)(C4)C3)C1. The third kappa shape index (κ3) is 4.85. The molecule has 8 nitrogen and oxygen atoms in total. The molecule has 1 aliphatic heterocycles. The van der Waals surface area contributed by atoms with Crippen molar-refractivity contribution in [1.29, 1.82) is 0 Å². The summed E-state index contributed by atoms with van der Waals surface area (Å²) in [5.74, 6) is 1.34. The molecule has 186 valence electrons. The molecule has 2 heterocycles. The second-order valence-corrected chi connectivity index (χ2v) is 12.3. The number of nitrogens with one attached hydrogen (secondary N) is 2. The van der Waals surface area contributed by atoms with E-state index in [-0.39, 0.29) is 36.0 Å². The summed E-state index contributed by atoms with van der Waals surface area (Å²) in [7, 11) is 0. The molecule has 4 saturated carbocycles. The Kier molecular flexibility index (Phi) is 5.96. The zero-order valence-corrected chi connectivity index (χ0v) is 20.9. The Morgan fingerprint density at radius 2 is 1.94 bits per heavy atom. The quantitative estimate of drug-likeness (QED) is 0.592.